The molecule has 5 N–H and O–H groups in total. The zero-order chi connectivity index (χ0) is 53.9. The number of benzene rings is 2. The SMILES string of the molecule is C=CCn1c(=O)c2cnc(Nc3ccc(N4CCN(C5CCN(CCC(=O)N[C@H](C(=O)N6C[C@H](O)C[C@H]6C(=O)NCc6ccc(-c7scnc7C)cc6)C(C)(C)C)CC5)CC4)cc3)nc2n1-c1cccc(C(C)(C)O)n1. The van der Waals surface area contributed by atoms with Crippen molar-refractivity contribution >= 4 is 57.4 Å². The first-order valence-corrected chi connectivity index (χ1v) is 27.2. The van der Waals surface area contributed by atoms with E-state index >= 15 is 0 Å². The summed E-state index contributed by atoms with van der Waals surface area (Å²) < 4.78 is 3.14. The van der Waals surface area contributed by atoms with Crippen molar-refractivity contribution < 1.29 is 24.6 Å². The Bertz CT molecular complexity index is 3090. The number of pyridine rings is 1. The molecular weight excluding hydrogens is 983 g/mol. The summed E-state index contributed by atoms with van der Waals surface area (Å²) in [6, 6.07) is 20.2. The summed E-state index contributed by atoms with van der Waals surface area (Å²) in [6.45, 7) is 21.4. The third-order valence-electron chi connectivity index (χ3n) is 14.8. The number of aliphatic hydroxyl groups excluding tert-OH is 1. The summed E-state index contributed by atoms with van der Waals surface area (Å²) in [4.78, 5) is 82.9. The Kier molecular flexibility index (Phi) is 16.2. The number of piperazine rings is 1. The molecule has 3 aliphatic heterocycles. The molecule has 3 saturated heterocycles. The molecule has 6 aromatic rings. The quantitative estimate of drug-likeness (QED) is 0.0728. The number of nitrogens with one attached hydrogen (secondary N) is 3. The van der Waals surface area contributed by atoms with E-state index in [9.17, 15) is 29.4 Å². The van der Waals surface area contributed by atoms with E-state index in [0.29, 0.717) is 41.1 Å². The van der Waals surface area contributed by atoms with Crippen LogP contribution < -0.4 is 26.4 Å². The molecule has 0 saturated carbocycles. The predicted octanol–water partition coefficient (Wildman–Crippen LogP) is 5.35. The molecule has 3 amide bonds. The monoisotopic (exact) mass is 1050 g/mol. The van der Waals surface area contributed by atoms with Crippen LogP contribution in [0.2, 0.25) is 0 Å². The standard InChI is InChI=1S/C56H71N13O6S/c1-8-23-68-52(73)43-33-58-54(63-50(43)69(68)46-11-9-10-45(61-46)56(6,7)75)60-39-16-18-40(19-17-39)65-27-29-66(30-28-65)41-20-24-64(25-21-41)26-22-47(71)62-49(55(3,4)5)53(74)67-34-42(70)31-44(67)51(72)57-32-37-12-14-38(15-13-37)48-36(2)59-35-76-48/h8-19,33,35,41-42,44,49,70,75H,1,20-32,34H2,2-7H3,(H,57,72)(H,62,71)(H,58,60,63)/t42-,44+,49-/m1/s1. The third kappa shape index (κ3) is 12.2. The van der Waals surface area contributed by atoms with E-state index in [4.69, 9.17) is 4.98 Å². The van der Waals surface area contributed by atoms with Gasteiger partial charge in [0.2, 0.25) is 23.7 Å². The molecule has 0 radical (unpaired) electrons. The Labute approximate surface area is 447 Å². The highest BCUT2D eigenvalue weighted by molar-refractivity contribution is 7.13. The maximum atomic E-state index is 14.2. The Balaban J connectivity index is 0.725. The van der Waals surface area contributed by atoms with Crippen molar-refractivity contribution in [2.24, 2.45) is 5.41 Å². The minimum absolute atomic E-state index is 0.0232. The fraction of sp³-hybridized carbons (Fsp3) is 0.464. The molecule has 402 valence electrons. The number of hydrogen-bond acceptors (Lipinski definition) is 15. The fourth-order valence-electron chi connectivity index (χ4n) is 10.5. The van der Waals surface area contributed by atoms with E-state index in [1.807, 2.05) is 69.6 Å². The Hall–Kier alpha value is -6.84. The van der Waals surface area contributed by atoms with Crippen LogP contribution in [0.1, 0.15) is 77.3 Å². The molecule has 20 heteroatoms. The fourth-order valence-corrected chi connectivity index (χ4v) is 11.3. The van der Waals surface area contributed by atoms with Crippen LogP contribution in [0.4, 0.5) is 17.3 Å². The van der Waals surface area contributed by atoms with E-state index < -0.39 is 29.2 Å². The molecule has 4 aromatic heterocycles. The first-order valence-electron chi connectivity index (χ1n) is 26.3. The summed E-state index contributed by atoms with van der Waals surface area (Å²) in [6.07, 6.45) is 4.71. The van der Waals surface area contributed by atoms with Crippen molar-refractivity contribution in [3.05, 3.63) is 118 Å². The van der Waals surface area contributed by atoms with Gasteiger partial charge in [-0.2, -0.15) is 4.98 Å². The number of piperidine rings is 1. The van der Waals surface area contributed by atoms with E-state index in [1.54, 1.807) is 54.1 Å². The second-order valence-electron chi connectivity index (χ2n) is 21.8. The second-order valence-corrected chi connectivity index (χ2v) is 22.7. The highest BCUT2D eigenvalue weighted by Crippen LogP contribution is 2.30. The Morgan fingerprint density at radius 2 is 1.64 bits per heavy atom. The number of aromatic nitrogens is 6. The number of anilines is 3. The number of aliphatic hydroxyl groups is 2. The molecule has 3 fully saturated rings. The summed E-state index contributed by atoms with van der Waals surface area (Å²) in [5, 5.41) is 31.0. The van der Waals surface area contributed by atoms with Gasteiger partial charge < -0.3 is 40.9 Å². The number of likely N-dealkylation sites (tertiary alicyclic amines) is 2. The number of β-amino-alcohol motifs (C(OH)–C–C–N with tert-alkyl or cyclic N) is 1. The maximum absolute atomic E-state index is 14.2. The van der Waals surface area contributed by atoms with Crippen LogP contribution in [-0.4, -0.2) is 149 Å². The smallest absolute Gasteiger partial charge is 0.278 e. The van der Waals surface area contributed by atoms with Gasteiger partial charge in [-0.05, 0) is 99.6 Å². The lowest BCUT2D eigenvalue weighted by Crippen LogP contribution is -2.58. The highest BCUT2D eigenvalue weighted by Gasteiger charge is 2.44. The molecule has 2 aromatic carbocycles. The molecule has 3 aliphatic rings. The number of carbonyl (C=O) groups excluding carboxylic acids is 3. The average Bonchev–Trinajstić information content (AvgIpc) is 4.11. The van der Waals surface area contributed by atoms with Gasteiger partial charge in [0.1, 0.15) is 23.1 Å². The summed E-state index contributed by atoms with van der Waals surface area (Å²) in [7, 11) is 0. The first-order chi connectivity index (χ1) is 36.3. The molecule has 9 rings (SSSR count). The average molecular weight is 1050 g/mol. The van der Waals surface area contributed by atoms with Gasteiger partial charge in [-0.1, -0.05) is 57.2 Å². The van der Waals surface area contributed by atoms with Crippen LogP contribution in [0.15, 0.2) is 95.9 Å². The molecule has 19 nitrogen and oxygen atoms in total. The Morgan fingerprint density at radius 1 is 0.921 bits per heavy atom. The van der Waals surface area contributed by atoms with Gasteiger partial charge in [0.15, 0.2) is 11.5 Å². The van der Waals surface area contributed by atoms with Crippen molar-refractivity contribution in [1.29, 1.82) is 0 Å². The third-order valence-corrected chi connectivity index (χ3v) is 15.8. The zero-order valence-electron chi connectivity index (χ0n) is 44.4. The van der Waals surface area contributed by atoms with Crippen LogP contribution in [0.3, 0.4) is 0 Å². The number of amides is 3. The normalized spacial score (nSPS) is 18.5. The van der Waals surface area contributed by atoms with Crippen LogP contribution in [0, 0.1) is 12.3 Å². The number of carbonyl (C=O) groups is 3. The number of nitrogens with zero attached hydrogens (tertiary/aromatic N) is 10. The summed E-state index contributed by atoms with van der Waals surface area (Å²) in [5.41, 5.74) is 5.43. The summed E-state index contributed by atoms with van der Waals surface area (Å²) in [5.74, 6) is -0.159. The minimum Gasteiger partial charge on any atom is -0.391 e. The number of hydrogen-bond donors (Lipinski definition) is 5. The second kappa shape index (κ2) is 22.8. The number of allylic oxidation sites excluding steroid dienone is 1. The number of fused-ring (bicyclic) bond motifs is 1. The van der Waals surface area contributed by atoms with E-state index in [0.717, 1.165) is 85.2 Å². The van der Waals surface area contributed by atoms with Gasteiger partial charge in [0.25, 0.3) is 5.56 Å². The predicted molar refractivity (Wildman–Crippen MR) is 296 cm³/mol. The molecule has 0 spiro atoms. The van der Waals surface area contributed by atoms with Gasteiger partial charge in [-0.3, -0.25) is 24.1 Å². The van der Waals surface area contributed by atoms with Gasteiger partial charge in [-0.25, -0.2) is 24.3 Å². The van der Waals surface area contributed by atoms with Crippen molar-refractivity contribution in [2.75, 3.05) is 62.6 Å². The van der Waals surface area contributed by atoms with Gasteiger partial charge in [0, 0.05) is 82.3 Å². The van der Waals surface area contributed by atoms with E-state index in [1.165, 1.54) is 15.8 Å². The maximum Gasteiger partial charge on any atom is 0.278 e. The van der Waals surface area contributed by atoms with E-state index in [2.05, 4.69) is 64.3 Å². The van der Waals surface area contributed by atoms with Crippen LogP contribution in [0.5, 0.6) is 0 Å². The van der Waals surface area contributed by atoms with Gasteiger partial charge in [-0.15, -0.1) is 17.9 Å². The van der Waals surface area contributed by atoms with Crippen LogP contribution in [0.25, 0.3) is 27.3 Å². The summed E-state index contributed by atoms with van der Waals surface area (Å²) >= 11 is 1.58. The topological polar surface area (TPSA) is 219 Å². The van der Waals surface area contributed by atoms with Crippen molar-refractivity contribution in [2.45, 2.75) is 110 Å². The number of rotatable bonds is 17. The van der Waals surface area contributed by atoms with Crippen molar-refractivity contribution in [3.63, 3.8) is 0 Å². The van der Waals surface area contributed by atoms with Gasteiger partial charge >= 0.3 is 0 Å². The van der Waals surface area contributed by atoms with Crippen molar-refractivity contribution in [3.8, 4) is 16.3 Å². The molecular formula is C56H71N13O6S. The van der Waals surface area contributed by atoms with Gasteiger partial charge in [0.05, 0.1) is 34.4 Å². The van der Waals surface area contributed by atoms with E-state index in [-0.39, 0.29) is 55.8 Å². The highest BCUT2D eigenvalue weighted by atomic mass is 32.1. The van der Waals surface area contributed by atoms with Crippen LogP contribution >= 0.6 is 11.3 Å². The number of thiazole rings is 1. The molecule has 76 heavy (non-hydrogen) atoms. The lowest BCUT2D eigenvalue weighted by atomic mass is 9.85. The Morgan fingerprint density at radius 3 is 2.30 bits per heavy atom. The molecule has 3 atom stereocenters. The minimum atomic E-state index is -1.19. The zero-order valence-corrected chi connectivity index (χ0v) is 45.2. The molecule has 0 unspecified atom stereocenters. The first kappa shape index (κ1) is 54.0. The largest absolute Gasteiger partial charge is 0.391 e. The number of aryl methyl sites for hydroxylation is 1. The van der Waals surface area contributed by atoms with Crippen LogP contribution in [-0.2, 0) is 33.1 Å². The lowest BCUT2D eigenvalue weighted by molar-refractivity contribution is -0.144. The van der Waals surface area contributed by atoms with Crippen molar-refractivity contribution in [1.82, 2.24) is 54.6 Å². The molecule has 7 heterocycles. The molecule has 0 aliphatic carbocycles. The molecule has 0 bridgehead atoms. The lowest BCUT2D eigenvalue weighted by Gasteiger charge is -2.43.